The molecule has 2 heterocycles. The summed E-state index contributed by atoms with van der Waals surface area (Å²) in [7, 11) is 1.87. The van der Waals surface area contributed by atoms with Crippen molar-refractivity contribution in [3.63, 3.8) is 0 Å². The molecule has 2 aromatic rings. The Bertz CT molecular complexity index is 857. The Balaban J connectivity index is 2.02. The van der Waals surface area contributed by atoms with Crippen LogP contribution < -0.4 is 10.2 Å². The van der Waals surface area contributed by atoms with Crippen LogP contribution >= 0.6 is 28.1 Å². The summed E-state index contributed by atoms with van der Waals surface area (Å²) in [5, 5.41) is 2.63. The van der Waals surface area contributed by atoms with Crippen LogP contribution in [0.4, 0.5) is 5.69 Å². The van der Waals surface area contributed by atoms with E-state index in [1.807, 2.05) is 36.1 Å². The molecule has 0 atom stereocenters. The number of hydrogen-bond acceptors (Lipinski definition) is 3. The van der Waals surface area contributed by atoms with Gasteiger partial charge in [0.05, 0.1) is 5.69 Å². The van der Waals surface area contributed by atoms with Gasteiger partial charge in [-0.15, -0.1) is 0 Å². The van der Waals surface area contributed by atoms with E-state index in [0.717, 1.165) is 10.0 Å². The van der Waals surface area contributed by atoms with Crippen molar-refractivity contribution in [1.82, 2.24) is 9.88 Å². The van der Waals surface area contributed by atoms with Crippen LogP contribution in [0.15, 0.2) is 52.8 Å². The van der Waals surface area contributed by atoms with Crippen LogP contribution in [0, 0.1) is 0 Å². The highest BCUT2D eigenvalue weighted by molar-refractivity contribution is 9.10. The fourth-order valence-corrected chi connectivity index (χ4v) is 2.95. The third-order valence-electron chi connectivity index (χ3n) is 3.33. The topological polar surface area (TPSA) is 54.3 Å². The largest absolute Gasteiger partial charge is 0.357 e. The van der Waals surface area contributed by atoms with Gasteiger partial charge < -0.3 is 4.57 Å². The first kappa shape index (κ1) is 15.6. The summed E-state index contributed by atoms with van der Waals surface area (Å²) in [4.78, 5) is 26.2. The lowest BCUT2D eigenvalue weighted by Crippen LogP contribution is -2.54. The number of nitrogens with zero attached hydrogens (tertiary/aromatic N) is 2. The minimum Gasteiger partial charge on any atom is -0.357 e. The van der Waals surface area contributed by atoms with Crippen LogP contribution in [-0.4, -0.2) is 21.5 Å². The van der Waals surface area contributed by atoms with Gasteiger partial charge >= 0.3 is 0 Å². The number of amides is 2. The lowest BCUT2D eigenvalue weighted by molar-refractivity contribution is -0.122. The number of benzene rings is 1. The van der Waals surface area contributed by atoms with Crippen molar-refractivity contribution in [3.05, 3.63) is 58.3 Å². The summed E-state index contributed by atoms with van der Waals surface area (Å²) in [5.74, 6) is -0.934. The number of rotatable bonds is 2. The molecule has 0 unspecified atom stereocenters. The first-order valence-electron chi connectivity index (χ1n) is 6.75. The van der Waals surface area contributed by atoms with Crippen molar-refractivity contribution in [2.75, 3.05) is 4.90 Å². The minimum absolute atomic E-state index is 0.0461. The van der Waals surface area contributed by atoms with Crippen molar-refractivity contribution in [2.45, 2.75) is 0 Å². The molecule has 1 aliphatic rings. The van der Waals surface area contributed by atoms with Gasteiger partial charge in [-0.1, -0.05) is 22.0 Å². The van der Waals surface area contributed by atoms with Gasteiger partial charge in [0, 0.05) is 23.9 Å². The van der Waals surface area contributed by atoms with Crippen LogP contribution in [0.3, 0.4) is 0 Å². The van der Waals surface area contributed by atoms with E-state index >= 15 is 0 Å². The summed E-state index contributed by atoms with van der Waals surface area (Å²) in [6.07, 6.45) is 5.22. The molecule has 1 aromatic carbocycles. The molecule has 0 saturated carbocycles. The summed E-state index contributed by atoms with van der Waals surface area (Å²) in [5.41, 5.74) is 1.41. The molecular formula is C16H12BrN3O2S. The van der Waals surface area contributed by atoms with Crippen molar-refractivity contribution in [1.29, 1.82) is 0 Å². The van der Waals surface area contributed by atoms with E-state index in [9.17, 15) is 9.59 Å². The monoisotopic (exact) mass is 389 g/mol. The average Bonchev–Trinajstić information content (AvgIpc) is 2.89. The Labute approximate surface area is 146 Å². The van der Waals surface area contributed by atoms with Crippen molar-refractivity contribution >= 4 is 56.8 Å². The number of thiocarbonyl (C=S) groups is 1. The van der Waals surface area contributed by atoms with Gasteiger partial charge in [0.2, 0.25) is 0 Å². The highest BCUT2D eigenvalue weighted by Gasteiger charge is 2.34. The smallest absolute Gasteiger partial charge is 0.270 e. The number of anilines is 1. The molecule has 1 aromatic heterocycles. The quantitative estimate of drug-likeness (QED) is 0.487. The van der Waals surface area contributed by atoms with E-state index < -0.39 is 11.8 Å². The molecule has 2 amide bonds. The molecule has 0 spiro atoms. The zero-order valence-electron chi connectivity index (χ0n) is 12.1. The maximum atomic E-state index is 12.8. The molecule has 1 saturated heterocycles. The number of carbonyl (C=O) groups excluding carboxylic acids is 2. The van der Waals surface area contributed by atoms with Crippen LogP contribution in [0.1, 0.15) is 5.56 Å². The SMILES string of the molecule is Cn1ccc(/C=C2/C(=O)NC(=S)N(c3cccc(Br)c3)C2=O)c1. The fraction of sp³-hybridized carbons (Fsp3) is 0.0625. The molecule has 23 heavy (non-hydrogen) atoms. The molecule has 1 fully saturated rings. The van der Waals surface area contributed by atoms with Crippen molar-refractivity contribution in [3.8, 4) is 0 Å². The Morgan fingerprint density at radius 2 is 2.04 bits per heavy atom. The van der Waals surface area contributed by atoms with Crippen LogP contribution in [0.5, 0.6) is 0 Å². The van der Waals surface area contributed by atoms with Gasteiger partial charge in [-0.3, -0.25) is 19.8 Å². The summed E-state index contributed by atoms with van der Waals surface area (Å²) in [6, 6.07) is 8.99. The highest BCUT2D eigenvalue weighted by Crippen LogP contribution is 2.24. The number of aromatic nitrogens is 1. The number of nitrogens with one attached hydrogen (secondary N) is 1. The molecule has 0 bridgehead atoms. The second-order valence-electron chi connectivity index (χ2n) is 5.05. The molecule has 1 aliphatic heterocycles. The third kappa shape index (κ3) is 3.11. The summed E-state index contributed by atoms with van der Waals surface area (Å²) in [6.45, 7) is 0. The predicted octanol–water partition coefficient (Wildman–Crippen LogP) is 2.62. The van der Waals surface area contributed by atoms with E-state index in [-0.39, 0.29) is 10.7 Å². The zero-order valence-corrected chi connectivity index (χ0v) is 14.5. The number of halogens is 1. The van der Waals surface area contributed by atoms with E-state index in [1.165, 1.54) is 4.90 Å². The minimum atomic E-state index is -0.491. The lowest BCUT2D eigenvalue weighted by atomic mass is 10.1. The van der Waals surface area contributed by atoms with Gasteiger partial charge in [-0.05, 0) is 48.1 Å². The molecule has 3 rings (SSSR count). The molecule has 0 radical (unpaired) electrons. The van der Waals surface area contributed by atoms with Crippen molar-refractivity contribution < 1.29 is 9.59 Å². The van der Waals surface area contributed by atoms with Gasteiger partial charge in [0.15, 0.2) is 5.11 Å². The first-order valence-corrected chi connectivity index (χ1v) is 7.95. The number of carbonyl (C=O) groups is 2. The van der Waals surface area contributed by atoms with Crippen LogP contribution in [-0.2, 0) is 16.6 Å². The Hall–Kier alpha value is -2.25. The fourth-order valence-electron chi connectivity index (χ4n) is 2.28. The third-order valence-corrected chi connectivity index (χ3v) is 4.11. The highest BCUT2D eigenvalue weighted by atomic mass is 79.9. The average molecular weight is 390 g/mol. The standard InChI is InChI=1S/C16H12BrN3O2S/c1-19-6-5-10(9-19)7-13-14(21)18-16(23)20(15(13)22)12-4-2-3-11(17)8-12/h2-9H,1H3,(H,18,21,23)/b13-7-. The Kier molecular flexibility index (Phi) is 4.14. The number of aryl methyl sites for hydroxylation is 1. The lowest BCUT2D eigenvalue weighted by Gasteiger charge is -2.29. The number of hydrogen-bond donors (Lipinski definition) is 1. The molecule has 116 valence electrons. The first-order chi connectivity index (χ1) is 11.0. The zero-order chi connectivity index (χ0) is 16.6. The molecule has 1 N–H and O–H groups in total. The molecule has 7 heteroatoms. The normalized spacial score (nSPS) is 16.9. The second-order valence-corrected chi connectivity index (χ2v) is 6.35. The van der Waals surface area contributed by atoms with E-state index in [1.54, 1.807) is 24.3 Å². The maximum Gasteiger partial charge on any atom is 0.270 e. The summed E-state index contributed by atoms with van der Waals surface area (Å²) >= 11 is 8.52. The molecule has 5 nitrogen and oxygen atoms in total. The van der Waals surface area contributed by atoms with Gasteiger partial charge in [0.1, 0.15) is 5.57 Å². The maximum absolute atomic E-state index is 12.8. The van der Waals surface area contributed by atoms with E-state index in [4.69, 9.17) is 12.2 Å². The van der Waals surface area contributed by atoms with Crippen molar-refractivity contribution in [2.24, 2.45) is 7.05 Å². The molecule has 0 aliphatic carbocycles. The van der Waals surface area contributed by atoms with E-state index in [2.05, 4.69) is 21.2 Å². The summed E-state index contributed by atoms with van der Waals surface area (Å²) < 4.78 is 2.66. The Morgan fingerprint density at radius 3 is 2.70 bits per heavy atom. The second kappa shape index (κ2) is 6.10. The van der Waals surface area contributed by atoms with Crippen LogP contribution in [0.2, 0.25) is 0 Å². The van der Waals surface area contributed by atoms with Gasteiger partial charge in [-0.25, -0.2) is 0 Å². The predicted molar refractivity (Wildman–Crippen MR) is 95.8 cm³/mol. The van der Waals surface area contributed by atoms with Gasteiger partial charge in [0.25, 0.3) is 11.8 Å². The Morgan fingerprint density at radius 1 is 1.26 bits per heavy atom. The van der Waals surface area contributed by atoms with Gasteiger partial charge in [-0.2, -0.15) is 0 Å². The van der Waals surface area contributed by atoms with Crippen LogP contribution in [0.25, 0.3) is 6.08 Å². The van der Waals surface area contributed by atoms with E-state index in [0.29, 0.717) is 5.69 Å². The molecular weight excluding hydrogens is 378 g/mol.